The van der Waals surface area contributed by atoms with Gasteiger partial charge in [0.2, 0.25) is 0 Å². The summed E-state index contributed by atoms with van der Waals surface area (Å²) in [5.74, 6) is -0.333. The van der Waals surface area contributed by atoms with Crippen LogP contribution in [-0.4, -0.2) is 6.61 Å². The molecule has 0 heterocycles. The second-order valence-electron chi connectivity index (χ2n) is 5.76. The molecular formula is C20H24F2O. The van der Waals surface area contributed by atoms with Crippen molar-refractivity contribution in [1.82, 2.24) is 0 Å². The van der Waals surface area contributed by atoms with Crippen LogP contribution in [0.2, 0.25) is 0 Å². The van der Waals surface area contributed by atoms with Crippen LogP contribution in [0.25, 0.3) is 11.1 Å². The first kappa shape index (κ1) is 17.5. The summed E-state index contributed by atoms with van der Waals surface area (Å²) < 4.78 is 32.4. The van der Waals surface area contributed by atoms with E-state index in [0.29, 0.717) is 12.2 Å². The van der Waals surface area contributed by atoms with Gasteiger partial charge in [-0.05, 0) is 36.2 Å². The van der Waals surface area contributed by atoms with Crippen LogP contribution in [0, 0.1) is 11.6 Å². The van der Waals surface area contributed by atoms with E-state index in [0.717, 1.165) is 23.8 Å². The van der Waals surface area contributed by atoms with Crippen molar-refractivity contribution < 1.29 is 13.5 Å². The van der Waals surface area contributed by atoms with Crippen molar-refractivity contribution in [3.8, 4) is 16.9 Å². The first-order valence-corrected chi connectivity index (χ1v) is 8.39. The third kappa shape index (κ3) is 5.66. The number of rotatable bonds is 9. The third-order valence-electron chi connectivity index (χ3n) is 3.86. The lowest BCUT2D eigenvalue weighted by Crippen LogP contribution is -1.97. The zero-order valence-corrected chi connectivity index (χ0v) is 13.7. The fourth-order valence-electron chi connectivity index (χ4n) is 2.53. The molecule has 2 aromatic rings. The van der Waals surface area contributed by atoms with Crippen LogP contribution in [-0.2, 0) is 0 Å². The van der Waals surface area contributed by atoms with Crippen LogP contribution in [0.1, 0.15) is 45.4 Å². The molecule has 0 radical (unpaired) electrons. The van der Waals surface area contributed by atoms with Crippen LogP contribution in [0.4, 0.5) is 8.78 Å². The lowest BCUT2D eigenvalue weighted by Gasteiger charge is -2.08. The highest BCUT2D eigenvalue weighted by Crippen LogP contribution is 2.25. The number of hydrogen-bond donors (Lipinski definition) is 0. The van der Waals surface area contributed by atoms with E-state index in [-0.39, 0.29) is 0 Å². The predicted molar refractivity (Wildman–Crippen MR) is 90.7 cm³/mol. The molecule has 2 aromatic carbocycles. The van der Waals surface area contributed by atoms with Crippen LogP contribution in [0.5, 0.6) is 5.75 Å². The van der Waals surface area contributed by atoms with Crippen molar-refractivity contribution >= 4 is 0 Å². The summed E-state index contributed by atoms with van der Waals surface area (Å²) in [6, 6.07) is 10.9. The third-order valence-corrected chi connectivity index (χ3v) is 3.86. The van der Waals surface area contributed by atoms with Gasteiger partial charge in [-0.2, -0.15) is 0 Å². The number of halogens is 2. The molecule has 0 aromatic heterocycles. The van der Waals surface area contributed by atoms with Crippen molar-refractivity contribution in [3.63, 3.8) is 0 Å². The van der Waals surface area contributed by atoms with E-state index in [2.05, 4.69) is 6.92 Å². The zero-order chi connectivity index (χ0) is 16.5. The van der Waals surface area contributed by atoms with Gasteiger partial charge in [-0.3, -0.25) is 0 Å². The molecule has 124 valence electrons. The summed E-state index contributed by atoms with van der Waals surface area (Å²) in [6.07, 6.45) is 7.38. The number of unbranched alkanes of at least 4 members (excludes halogenated alkanes) is 5. The van der Waals surface area contributed by atoms with Gasteiger partial charge in [0.1, 0.15) is 17.4 Å². The van der Waals surface area contributed by atoms with E-state index in [4.69, 9.17) is 4.74 Å². The Morgan fingerprint density at radius 1 is 0.826 bits per heavy atom. The summed E-state index contributed by atoms with van der Waals surface area (Å²) in [4.78, 5) is 0. The fraction of sp³-hybridized carbons (Fsp3) is 0.400. The zero-order valence-electron chi connectivity index (χ0n) is 13.7. The molecule has 0 bridgehead atoms. The van der Waals surface area contributed by atoms with E-state index in [1.165, 1.54) is 44.2 Å². The highest BCUT2D eigenvalue weighted by molar-refractivity contribution is 5.64. The molecule has 0 spiro atoms. The average molecular weight is 318 g/mol. The lowest BCUT2D eigenvalue weighted by atomic mass is 10.1. The van der Waals surface area contributed by atoms with Crippen LogP contribution in [0.3, 0.4) is 0 Å². The smallest absolute Gasteiger partial charge is 0.133 e. The van der Waals surface area contributed by atoms with Gasteiger partial charge in [0.05, 0.1) is 6.61 Å². The average Bonchev–Trinajstić information content (AvgIpc) is 2.55. The monoisotopic (exact) mass is 318 g/mol. The van der Waals surface area contributed by atoms with Crippen molar-refractivity contribution in [2.75, 3.05) is 6.61 Å². The first-order chi connectivity index (χ1) is 11.2. The number of hydrogen-bond acceptors (Lipinski definition) is 1. The maximum atomic E-state index is 13.7. The van der Waals surface area contributed by atoms with E-state index >= 15 is 0 Å². The summed E-state index contributed by atoms with van der Waals surface area (Å²) in [7, 11) is 0. The Morgan fingerprint density at radius 3 is 2.22 bits per heavy atom. The normalized spacial score (nSPS) is 10.7. The maximum absolute atomic E-state index is 13.7. The maximum Gasteiger partial charge on any atom is 0.133 e. The molecule has 0 N–H and O–H groups in total. The Hall–Kier alpha value is -1.90. The summed E-state index contributed by atoms with van der Waals surface area (Å²) in [5.41, 5.74) is 1.11. The van der Waals surface area contributed by atoms with Crippen LogP contribution < -0.4 is 4.74 Å². The van der Waals surface area contributed by atoms with Gasteiger partial charge in [-0.1, -0.05) is 51.2 Å². The minimum absolute atomic E-state index is 0.397. The van der Waals surface area contributed by atoms with Crippen molar-refractivity contribution in [1.29, 1.82) is 0 Å². The van der Waals surface area contributed by atoms with Gasteiger partial charge >= 0.3 is 0 Å². The Kier molecular flexibility index (Phi) is 7.05. The van der Waals surface area contributed by atoms with E-state index in [1.54, 1.807) is 12.1 Å². The molecule has 3 heteroatoms. The number of benzene rings is 2. The quantitative estimate of drug-likeness (QED) is 0.488. The summed E-state index contributed by atoms with van der Waals surface area (Å²) in [6.45, 7) is 2.92. The van der Waals surface area contributed by atoms with Crippen molar-refractivity contribution in [2.45, 2.75) is 45.4 Å². The molecule has 0 aliphatic rings. The molecule has 23 heavy (non-hydrogen) atoms. The molecule has 0 amide bonds. The molecule has 0 fully saturated rings. The Morgan fingerprint density at radius 2 is 1.52 bits per heavy atom. The summed E-state index contributed by atoms with van der Waals surface area (Å²) in [5, 5.41) is 0. The molecule has 0 atom stereocenters. The van der Waals surface area contributed by atoms with E-state index in [9.17, 15) is 8.78 Å². The molecular weight excluding hydrogens is 294 g/mol. The SMILES string of the molecule is CCCCCCCCOc1ccc(-c2ccc(F)cc2F)cc1. The second kappa shape index (κ2) is 9.29. The fourth-order valence-corrected chi connectivity index (χ4v) is 2.53. The van der Waals surface area contributed by atoms with Gasteiger partial charge < -0.3 is 4.74 Å². The van der Waals surface area contributed by atoms with E-state index < -0.39 is 11.6 Å². The summed E-state index contributed by atoms with van der Waals surface area (Å²) >= 11 is 0. The predicted octanol–water partition coefficient (Wildman–Crippen LogP) is 6.37. The Bertz CT molecular complexity index is 593. The molecule has 0 saturated carbocycles. The number of ether oxygens (including phenoxy) is 1. The molecule has 0 aliphatic carbocycles. The molecule has 0 saturated heterocycles. The minimum Gasteiger partial charge on any atom is -0.494 e. The van der Waals surface area contributed by atoms with Crippen LogP contribution >= 0.6 is 0 Å². The molecule has 2 rings (SSSR count). The molecule has 0 unspecified atom stereocenters. The lowest BCUT2D eigenvalue weighted by molar-refractivity contribution is 0.304. The van der Waals surface area contributed by atoms with Crippen molar-refractivity contribution in [2.24, 2.45) is 0 Å². The Balaban J connectivity index is 1.80. The second-order valence-corrected chi connectivity index (χ2v) is 5.76. The Labute approximate surface area is 137 Å². The highest BCUT2D eigenvalue weighted by atomic mass is 19.1. The highest BCUT2D eigenvalue weighted by Gasteiger charge is 2.06. The van der Waals surface area contributed by atoms with E-state index in [1.807, 2.05) is 12.1 Å². The van der Waals surface area contributed by atoms with Crippen molar-refractivity contribution in [3.05, 3.63) is 54.1 Å². The standard InChI is InChI=1S/C20H24F2O/c1-2-3-4-5-6-7-14-23-18-11-8-16(9-12-18)19-13-10-17(21)15-20(19)22/h8-13,15H,2-7,14H2,1H3. The van der Waals surface area contributed by atoms with Gasteiger partial charge in [-0.25, -0.2) is 8.78 Å². The minimum atomic E-state index is -0.565. The largest absolute Gasteiger partial charge is 0.494 e. The first-order valence-electron chi connectivity index (χ1n) is 8.39. The molecule has 1 nitrogen and oxygen atoms in total. The van der Waals surface area contributed by atoms with Gasteiger partial charge in [0.25, 0.3) is 0 Å². The van der Waals surface area contributed by atoms with Gasteiger partial charge in [0.15, 0.2) is 0 Å². The van der Waals surface area contributed by atoms with Gasteiger partial charge in [0, 0.05) is 11.6 Å². The van der Waals surface area contributed by atoms with Crippen LogP contribution in [0.15, 0.2) is 42.5 Å². The topological polar surface area (TPSA) is 9.23 Å². The molecule has 0 aliphatic heterocycles. The van der Waals surface area contributed by atoms with Gasteiger partial charge in [-0.15, -0.1) is 0 Å².